The highest BCUT2D eigenvalue weighted by atomic mass is 127. The van der Waals surface area contributed by atoms with Gasteiger partial charge in [0.2, 0.25) is 0 Å². The molecule has 0 aromatic rings. The van der Waals surface area contributed by atoms with Crippen LogP contribution in [0.2, 0.25) is 0 Å². The van der Waals surface area contributed by atoms with Crippen molar-refractivity contribution in [2.45, 2.75) is 32.4 Å². The molecule has 0 bridgehead atoms. The van der Waals surface area contributed by atoms with Crippen LogP contribution in [0.25, 0.3) is 0 Å². The second kappa shape index (κ2) is 5.00. The lowest BCUT2D eigenvalue weighted by Gasteiger charge is -2.17. The van der Waals surface area contributed by atoms with Crippen LogP contribution in [-0.2, 0) is 4.79 Å². The fourth-order valence-corrected chi connectivity index (χ4v) is 4.96. The predicted molar refractivity (Wildman–Crippen MR) is 79.9 cm³/mol. The number of alkyl halides is 1. The van der Waals surface area contributed by atoms with Gasteiger partial charge in [0, 0.05) is 30.7 Å². The van der Waals surface area contributed by atoms with Crippen LogP contribution in [0.1, 0.15) is 27.7 Å². The minimum absolute atomic E-state index is 0.232. The normalized spacial score (nSPS) is 29.8. The molecule has 0 saturated carbocycles. The van der Waals surface area contributed by atoms with Crippen LogP contribution in [0.15, 0.2) is 10.3 Å². The number of ketones is 1. The SMILES string of the molecule is CC1(CI)CS/C(=C\C(=O)C(C)(C)C)S1. The molecule has 1 saturated heterocycles. The van der Waals surface area contributed by atoms with E-state index in [2.05, 4.69) is 29.5 Å². The van der Waals surface area contributed by atoms with Crippen molar-refractivity contribution < 1.29 is 4.79 Å². The monoisotopic (exact) mass is 356 g/mol. The average molecular weight is 356 g/mol. The van der Waals surface area contributed by atoms with Gasteiger partial charge in [0.25, 0.3) is 0 Å². The summed E-state index contributed by atoms with van der Waals surface area (Å²) in [4.78, 5) is 11.8. The van der Waals surface area contributed by atoms with Crippen molar-refractivity contribution in [3.05, 3.63) is 10.3 Å². The van der Waals surface area contributed by atoms with Gasteiger partial charge in [-0.25, -0.2) is 0 Å². The summed E-state index contributed by atoms with van der Waals surface area (Å²) in [5.74, 6) is 1.35. The van der Waals surface area contributed by atoms with Gasteiger partial charge in [-0.1, -0.05) is 43.4 Å². The molecule has 1 aliphatic rings. The summed E-state index contributed by atoms with van der Waals surface area (Å²) in [7, 11) is 0. The number of hydrogen-bond acceptors (Lipinski definition) is 3. The summed E-state index contributed by atoms with van der Waals surface area (Å²) in [6, 6.07) is 0. The lowest BCUT2D eigenvalue weighted by Crippen LogP contribution is -2.20. The van der Waals surface area contributed by atoms with Crippen molar-refractivity contribution in [3.8, 4) is 0 Å². The molecule has 4 heteroatoms. The van der Waals surface area contributed by atoms with E-state index in [1.807, 2.05) is 50.4 Å². The van der Waals surface area contributed by atoms with Crippen molar-refractivity contribution >= 4 is 51.9 Å². The number of thioether (sulfide) groups is 2. The van der Waals surface area contributed by atoms with Gasteiger partial charge in [-0.05, 0) is 6.92 Å². The Morgan fingerprint density at radius 1 is 1.60 bits per heavy atom. The highest BCUT2D eigenvalue weighted by Crippen LogP contribution is 2.49. The van der Waals surface area contributed by atoms with Crippen LogP contribution in [-0.4, -0.2) is 20.7 Å². The first-order valence-corrected chi connectivity index (χ1v) is 8.23. The molecule has 15 heavy (non-hydrogen) atoms. The molecule has 0 aromatic heterocycles. The van der Waals surface area contributed by atoms with E-state index in [0.717, 1.165) is 10.2 Å². The Bertz CT molecular complexity index is 293. The Labute approximate surface area is 114 Å². The highest BCUT2D eigenvalue weighted by molar-refractivity contribution is 14.1. The molecule has 0 amide bonds. The zero-order valence-corrected chi connectivity index (χ0v) is 13.4. The van der Waals surface area contributed by atoms with Gasteiger partial charge in [0.15, 0.2) is 5.78 Å². The van der Waals surface area contributed by atoms with E-state index in [1.54, 1.807) is 0 Å². The third kappa shape index (κ3) is 3.97. The van der Waals surface area contributed by atoms with E-state index in [-0.39, 0.29) is 11.2 Å². The summed E-state index contributed by atoms with van der Waals surface area (Å²) in [5, 5.41) is 0. The lowest BCUT2D eigenvalue weighted by molar-refractivity contribution is -0.121. The topological polar surface area (TPSA) is 17.1 Å². The van der Waals surface area contributed by atoms with Crippen molar-refractivity contribution in [3.63, 3.8) is 0 Å². The molecule has 1 fully saturated rings. The summed E-state index contributed by atoms with van der Waals surface area (Å²) in [5.41, 5.74) is -0.253. The fraction of sp³-hybridized carbons (Fsp3) is 0.727. The smallest absolute Gasteiger partial charge is 0.162 e. The zero-order chi connectivity index (χ0) is 11.7. The summed E-state index contributed by atoms with van der Waals surface area (Å²) < 4.78 is 2.63. The molecule has 1 unspecified atom stereocenters. The van der Waals surface area contributed by atoms with Crippen molar-refractivity contribution in [2.24, 2.45) is 5.41 Å². The number of rotatable bonds is 2. The standard InChI is InChI=1S/C11H17IOS2/c1-10(2,3)8(13)5-9-14-7-11(4,6-12)15-9/h5H,6-7H2,1-4H3/b9-5+. The minimum atomic E-state index is -0.253. The van der Waals surface area contributed by atoms with E-state index in [0.29, 0.717) is 4.75 Å². The molecule has 1 aliphatic heterocycles. The summed E-state index contributed by atoms with van der Waals surface area (Å²) in [6.45, 7) is 8.16. The van der Waals surface area contributed by atoms with Crippen LogP contribution < -0.4 is 0 Å². The van der Waals surface area contributed by atoms with Crippen molar-refractivity contribution in [2.75, 3.05) is 10.2 Å². The first-order chi connectivity index (χ1) is 6.77. The predicted octanol–water partition coefficient (Wildman–Crippen LogP) is 4.12. The molecule has 86 valence electrons. The van der Waals surface area contributed by atoms with E-state index in [4.69, 9.17) is 0 Å². The van der Waals surface area contributed by atoms with Gasteiger partial charge < -0.3 is 0 Å². The molecule has 1 atom stereocenters. The van der Waals surface area contributed by atoms with Crippen LogP contribution in [0.4, 0.5) is 0 Å². The van der Waals surface area contributed by atoms with Gasteiger partial charge in [-0.3, -0.25) is 4.79 Å². The van der Waals surface area contributed by atoms with E-state index in [1.165, 1.54) is 4.24 Å². The molecule has 1 heterocycles. The van der Waals surface area contributed by atoms with Gasteiger partial charge in [0.05, 0.1) is 0 Å². The first kappa shape index (κ1) is 13.9. The maximum Gasteiger partial charge on any atom is 0.162 e. The number of carbonyl (C=O) groups is 1. The van der Waals surface area contributed by atoms with E-state index < -0.39 is 0 Å². The molecular formula is C11H17IOS2. The average Bonchev–Trinajstić information content (AvgIpc) is 2.47. The zero-order valence-electron chi connectivity index (χ0n) is 9.59. The number of hydrogen-bond donors (Lipinski definition) is 0. The van der Waals surface area contributed by atoms with Gasteiger partial charge in [0.1, 0.15) is 0 Å². The van der Waals surface area contributed by atoms with Gasteiger partial charge >= 0.3 is 0 Å². The Kier molecular flexibility index (Phi) is 4.64. The third-order valence-electron chi connectivity index (χ3n) is 2.14. The van der Waals surface area contributed by atoms with Crippen molar-refractivity contribution in [1.82, 2.24) is 0 Å². The number of halogens is 1. The quantitative estimate of drug-likeness (QED) is 0.421. The second-order valence-electron chi connectivity index (χ2n) is 5.05. The number of allylic oxidation sites excluding steroid dienone is 1. The summed E-state index contributed by atoms with van der Waals surface area (Å²) in [6.07, 6.45) is 1.83. The van der Waals surface area contributed by atoms with E-state index in [9.17, 15) is 4.79 Å². The Morgan fingerprint density at radius 3 is 2.60 bits per heavy atom. The number of carbonyl (C=O) groups excluding carboxylic acids is 1. The van der Waals surface area contributed by atoms with Crippen LogP contribution in [0.5, 0.6) is 0 Å². The first-order valence-electron chi connectivity index (χ1n) is 4.91. The van der Waals surface area contributed by atoms with E-state index >= 15 is 0 Å². The highest BCUT2D eigenvalue weighted by Gasteiger charge is 2.33. The maximum atomic E-state index is 11.8. The Hall–Kier alpha value is 0.840. The third-order valence-corrected chi connectivity index (χ3v) is 7.41. The molecule has 0 aliphatic carbocycles. The molecule has 1 nitrogen and oxygen atoms in total. The minimum Gasteiger partial charge on any atom is -0.294 e. The molecule has 1 rings (SSSR count). The molecular weight excluding hydrogens is 339 g/mol. The van der Waals surface area contributed by atoms with Gasteiger partial charge in [-0.2, -0.15) is 0 Å². The van der Waals surface area contributed by atoms with Crippen molar-refractivity contribution in [1.29, 1.82) is 0 Å². The van der Waals surface area contributed by atoms with Crippen LogP contribution in [0, 0.1) is 5.41 Å². The Morgan fingerprint density at radius 2 is 2.20 bits per heavy atom. The lowest BCUT2D eigenvalue weighted by atomic mass is 9.91. The summed E-state index contributed by atoms with van der Waals surface area (Å²) >= 11 is 6.09. The van der Waals surface area contributed by atoms with Gasteiger partial charge in [-0.15, -0.1) is 23.5 Å². The molecule has 0 radical (unpaired) electrons. The molecule has 0 spiro atoms. The second-order valence-corrected chi connectivity index (χ2v) is 8.72. The largest absolute Gasteiger partial charge is 0.294 e. The molecule has 0 N–H and O–H groups in total. The fourth-order valence-electron chi connectivity index (χ4n) is 0.986. The molecule has 0 aromatic carbocycles. The van der Waals surface area contributed by atoms with Crippen LogP contribution >= 0.6 is 46.1 Å². The Balaban J connectivity index is 2.69. The van der Waals surface area contributed by atoms with Crippen LogP contribution in [0.3, 0.4) is 0 Å². The maximum absolute atomic E-state index is 11.8.